The molecule has 6 nitrogen and oxygen atoms in total. The Labute approximate surface area is 167 Å². The van der Waals surface area contributed by atoms with Gasteiger partial charge >= 0.3 is 0 Å². The van der Waals surface area contributed by atoms with Gasteiger partial charge in [0.2, 0.25) is 5.91 Å². The fourth-order valence-corrected chi connectivity index (χ4v) is 3.32. The van der Waals surface area contributed by atoms with Gasteiger partial charge in [0.05, 0.1) is 9.93 Å². The van der Waals surface area contributed by atoms with Crippen LogP contribution in [0.1, 0.15) is 25.3 Å². The summed E-state index contributed by atoms with van der Waals surface area (Å²) in [5.74, 6) is 1.92. The number of unbranched alkanes of at least 4 members (excludes halogenated alkanes) is 1. The maximum atomic E-state index is 12.4. The predicted octanol–water partition coefficient (Wildman–Crippen LogP) is 3.30. The van der Waals surface area contributed by atoms with Crippen molar-refractivity contribution in [1.29, 1.82) is 0 Å². The van der Waals surface area contributed by atoms with Gasteiger partial charge in [-0.3, -0.25) is 19.3 Å². The van der Waals surface area contributed by atoms with Gasteiger partial charge in [-0.25, -0.2) is 0 Å². The zero-order valence-corrected chi connectivity index (χ0v) is 16.4. The minimum absolute atomic E-state index is 0.0955. The summed E-state index contributed by atoms with van der Waals surface area (Å²) in [7, 11) is 0. The molecule has 0 unspecified atom stereocenters. The third-order valence-electron chi connectivity index (χ3n) is 3.59. The fourth-order valence-electron chi connectivity index (χ4n) is 2.24. The lowest BCUT2D eigenvalue weighted by Crippen LogP contribution is -2.39. The van der Waals surface area contributed by atoms with Crippen molar-refractivity contribution in [2.24, 2.45) is 0 Å². The summed E-state index contributed by atoms with van der Waals surface area (Å²) in [6.07, 6.45) is 8.48. The Morgan fingerprint density at radius 1 is 1.44 bits per heavy atom. The molecule has 1 fully saturated rings. The van der Waals surface area contributed by atoms with E-state index in [4.69, 9.17) is 22.8 Å². The molecule has 1 heterocycles. The first kappa shape index (κ1) is 20.9. The van der Waals surface area contributed by atoms with Crippen LogP contribution in [0.5, 0.6) is 5.75 Å². The van der Waals surface area contributed by atoms with Crippen molar-refractivity contribution < 1.29 is 19.1 Å². The maximum Gasteiger partial charge on any atom is 0.294 e. The molecule has 0 bridgehead atoms. The summed E-state index contributed by atoms with van der Waals surface area (Å²) in [4.78, 5) is 37.5. The summed E-state index contributed by atoms with van der Waals surface area (Å²) in [6, 6.07) is 4.94. The maximum absolute atomic E-state index is 12.4. The first-order chi connectivity index (χ1) is 13.0. The molecule has 0 saturated carbocycles. The Kier molecular flexibility index (Phi) is 7.77. The number of amides is 3. The van der Waals surface area contributed by atoms with E-state index >= 15 is 0 Å². The highest BCUT2D eigenvalue weighted by Crippen LogP contribution is 2.33. The molecule has 1 aliphatic heterocycles. The van der Waals surface area contributed by atoms with E-state index < -0.39 is 11.1 Å². The molecular formula is C19H19ClN2O4S. The number of halogens is 1. The van der Waals surface area contributed by atoms with Gasteiger partial charge in [0.1, 0.15) is 18.9 Å². The van der Waals surface area contributed by atoms with Gasteiger partial charge in [-0.1, -0.05) is 36.9 Å². The van der Waals surface area contributed by atoms with Crippen molar-refractivity contribution in [2.75, 3.05) is 19.7 Å². The third kappa shape index (κ3) is 5.78. The number of carbonyl (C=O) groups is 3. The van der Waals surface area contributed by atoms with Crippen LogP contribution in [0.4, 0.5) is 4.79 Å². The molecule has 142 valence electrons. The van der Waals surface area contributed by atoms with Gasteiger partial charge in [-0.05, 0) is 42.0 Å². The summed E-state index contributed by atoms with van der Waals surface area (Å²) in [6.45, 7) is 2.34. The lowest BCUT2D eigenvalue weighted by molar-refractivity contribution is -0.129. The van der Waals surface area contributed by atoms with E-state index in [0.717, 1.165) is 29.5 Å². The number of terminal acetylenes is 1. The number of hydrogen-bond donors (Lipinski definition) is 1. The monoisotopic (exact) mass is 406 g/mol. The van der Waals surface area contributed by atoms with Gasteiger partial charge in [0.25, 0.3) is 11.1 Å². The number of benzene rings is 1. The van der Waals surface area contributed by atoms with E-state index in [1.807, 2.05) is 6.92 Å². The van der Waals surface area contributed by atoms with E-state index in [0.29, 0.717) is 22.9 Å². The number of nitrogens with one attached hydrogen (secondary N) is 1. The highest BCUT2D eigenvalue weighted by molar-refractivity contribution is 8.18. The minimum Gasteiger partial charge on any atom is -0.479 e. The first-order valence-corrected chi connectivity index (χ1v) is 9.53. The quantitative estimate of drug-likeness (QED) is 0.407. The molecule has 8 heteroatoms. The largest absolute Gasteiger partial charge is 0.479 e. The molecule has 1 aliphatic rings. The zero-order valence-electron chi connectivity index (χ0n) is 14.8. The molecule has 0 atom stereocenters. The predicted molar refractivity (Wildman–Crippen MR) is 106 cm³/mol. The van der Waals surface area contributed by atoms with Crippen LogP contribution in [0.2, 0.25) is 5.02 Å². The van der Waals surface area contributed by atoms with Crippen LogP contribution in [0.3, 0.4) is 0 Å². The average Bonchev–Trinajstić information content (AvgIpc) is 2.89. The molecular weight excluding hydrogens is 388 g/mol. The Balaban J connectivity index is 2.06. The first-order valence-electron chi connectivity index (χ1n) is 8.34. The standard InChI is InChI=1S/C19H19ClN2O4S/c1-3-5-8-21-17(23)12-22-18(24)16(27-19(22)25)11-13-6-7-15(14(20)10-13)26-9-4-2/h2,6-7,10-11H,3,5,8-9,12H2,1H3,(H,21,23)/b16-11-. The van der Waals surface area contributed by atoms with Crippen LogP contribution < -0.4 is 10.1 Å². The van der Waals surface area contributed by atoms with Crippen molar-refractivity contribution >= 4 is 46.5 Å². The van der Waals surface area contributed by atoms with Crippen molar-refractivity contribution in [3.8, 4) is 18.1 Å². The second kappa shape index (κ2) is 10.0. The van der Waals surface area contributed by atoms with E-state index in [1.165, 1.54) is 0 Å². The normalized spacial score (nSPS) is 15.1. The Bertz CT molecular complexity index is 816. The molecule has 0 aromatic heterocycles. The highest BCUT2D eigenvalue weighted by Gasteiger charge is 2.36. The van der Waals surface area contributed by atoms with Gasteiger partial charge < -0.3 is 10.1 Å². The van der Waals surface area contributed by atoms with E-state index in [9.17, 15) is 14.4 Å². The van der Waals surface area contributed by atoms with Crippen LogP contribution in [0.25, 0.3) is 6.08 Å². The number of imide groups is 1. The van der Waals surface area contributed by atoms with Gasteiger partial charge in [0.15, 0.2) is 0 Å². The summed E-state index contributed by atoms with van der Waals surface area (Å²) < 4.78 is 5.28. The van der Waals surface area contributed by atoms with Gasteiger partial charge in [-0.2, -0.15) is 0 Å². The number of hydrogen-bond acceptors (Lipinski definition) is 5. The Morgan fingerprint density at radius 3 is 2.89 bits per heavy atom. The summed E-state index contributed by atoms with van der Waals surface area (Å²) >= 11 is 6.92. The van der Waals surface area contributed by atoms with E-state index in [2.05, 4.69) is 11.2 Å². The molecule has 27 heavy (non-hydrogen) atoms. The molecule has 0 radical (unpaired) electrons. The topological polar surface area (TPSA) is 75.7 Å². The lowest BCUT2D eigenvalue weighted by atomic mass is 10.2. The van der Waals surface area contributed by atoms with Gasteiger partial charge in [-0.15, -0.1) is 6.42 Å². The lowest BCUT2D eigenvalue weighted by Gasteiger charge is -2.12. The molecule has 0 aliphatic carbocycles. The number of ether oxygens (including phenoxy) is 1. The number of thioether (sulfide) groups is 1. The fraction of sp³-hybridized carbons (Fsp3) is 0.316. The highest BCUT2D eigenvalue weighted by atomic mass is 35.5. The average molecular weight is 407 g/mol. The zero-order chi connectivity index (χ0) is 19.8. The van der Waals surface area contributed by atoms with Gasteiger partial charge in [0, 0.05) is 6.54 Å². The molecule has 1 N–H and O–H groups in total. The van der Waals surface area contributed by atoms with Crippen LogP contribution in [0.15, 0.2) is 23.1 Å². The molecule has 3 amide bonds. The second-order valence-electron chi connectivity index (χ2n) is 5.65. The second-order valence-corrected chi connectivity index (χ2v) is 7.05. The SMILES string of the molecule is C#CCOc1ccc(/C=C2\SC(=O)N(CC(=O)NCCCC)C2=O)cc1Cl. The van der Waals surface area contributed by atoms with Crippen molar-refractivity contribution in [3.05, 3.63) is 33.7 Å². The molecule has 2 rings (SSSR count). The Morgan fingerprint density at radius 2 is 2.22 bits per heavy atom. The number of rotatable bonds is 8. The molecule has 1 aromatic rings. The molecule has 0 spiro atoms. The number of carbonyl (C=O) groups excluding carboxylic acids is 3. The van der Waals surface area contributed by atoms with Crippen LogP contribution in [-0.4, -0.2) is 41.6 Å². The van der Waals surface area contributed by atoms with Crippen molar-refractivity contribution in [3.63, 3.8) is 0 Å². The number of nitrogens with zero attached hydrogens (tertiary/aromatic N) is 1. The van der Waals surface area contributed by atoms with Crippen molar-refractivity contribution in [2.45, 2.75) is 19.8 Å². The molecule has 1 aromatic carbocycles. The van der Waals surface area contributed by atoms with Crippen LogP contribution >= 0.6 is 23.4 Å². The summed E-state index contributed by atoms with van der Waals surface area (Å²) in [5.41, 5.74) is 0.631. The minimum atomic E-state index is -0.501. The Hall–Kier alpha value is -2.43. The van der Waals surface area contributed by atoms with E-state index in [1.54, 1.807) is 24.3 Å². The van der Waals surface area contributed by atoms with Crippen LogP contribution in [0, 0.1) is 12.3 Å². The van der Waals surface area contributed by atoms with E-state index in [-0.39, 0.29) is 24.0 Å². The molecule has 1 saturated heterocycles. The van der Waals surface area contributed by atoms with Crippen molar-refractivity contribution in [1.82, 2.24) is 10.2 Å². The summed E-state index contributed by atoms with van der Waals surface area (Å²) in [5, 5.41) is 2.55. The smallest absolute Gasteiger partial charge is 0.294 e. The van der Waals surface area contributed by atoms with Crippen LogP contribution in [-0.2, 0) is 9.59 Å². The third-order valence-corrected chi connectivity index (χ3v) is 4.80.